The van der Waals surface area contributed by atoms with Crippen LogP contribution in [-0.4, -0.2) is 25.7 Å². The quantitative estimate of drug-likeness (QED) is 0.530. The molecule has 0 heterocycles. The van der Waals surface area contributed by atoms with Crippen LogP contribution in [0.2, 0.25) is 0 Å². The molecule has 1 saturated carbocycles. The Morgan fingerprint density at radius 1 is 1.26 bits per heavy atom. The lowest BCUT2D eigenvalue weighted by Gasteiger charge is -2.18. The van der Waals surface area contributed by atoms with Gasteiger partial charge in [0.15, 0.2) is 0 Å². The number of hydrogen-bond donors (Lipinski definition) is 3. The predicted octanol–water partition coefficient (Wildman–Crippen LogP) is 3.43. The van der Waals surface area contributed by atoms with E-state index < -0.39 is 22.8 Å². The molecule has 31 heavy (non-hydrogen) atoms. The third-order valence-corrected chi connectivity index (χ3v) is 5.71. The molecule has 3 unspecified atom stereocenters. The number of carbonyl (C=O) groups excluding carboxylic acids is 1. The third kappa shape index (κ3) is 5.84. The molecule has 3 N–H and O–H groups in total. The largest absolute Gasteiger partial charge is 0.771 e. The number of benzene rings is 2. The third-order valence-electron chi connectivity index (χ3n) is 5.33. The second-order valence-corrected chi connectivity index (χ2v) is 8.39. The van der Waals surface area contributed by atoms with E-state index in [-0.39, 0.29) is 36.3 Å². The van der Waals surface area contributed by atoms with E-state index >= 15 is 0 Å². The lowest BCUT2D eigenvalue weighted by atomic mass is 10.0. The summed E-state index contributed by atoms with van der Waals surface area (Å²) >= 11 is -2.28. The Hall–Kier alpha value is -2.43. The van der Waals surface area contributed by atoms with Gasteiger partial charge < -0.3 is 20.3 Å². The maximum atomic E-state index is 12.7. The molecular formula is C21H22F3N2O4S-. The van der Waals surface area contributed by atoms with Gasteiger partial charge in [0.25, 0.3) is 0 Å². The Bertz CT molecular complexity index is 966. The van der Waals surface area contributed by atoms with Crippen LogP contribution in [-0.2, 0) is 28.7 Å². The van der Waals surface area contributed by atoms with E-state index in [0.29, 0.717) is 23.2 Å². The number of rotatable bonds is 8. The highest BCUT2D eigenvalue weighted by molar-refractivity contribution is 7.79. The number of alkyl halides is 3. The normalized spacial score (nSPS) is 20.1. The van der Waals surface area contributed by atoms with Gasteiger partial charge >= 0.3 is 6.18 Å². The predicted molar refractivity (Wildman–Crippen MR) is 109 cm³/mol. The summed E-state index contributed by atoms with van der Waals surface area (Å²) in [5.74, 6) is -0.885. The van der Waals surface area contributed by atoms with Crippen molar-refractivity contribution in [1.82, 2.24) is 5.32 Å². The first kappa shape index (κ1) is 23.2. The Morgan fingerprint density at radius 3 is 2.52 bits per heavy atom. The number of amides is 1. The Kier molecular flexibility index (Phi) is 7.03. The van der Waals surface area contributed by atoms with Crippen molar-refractivity contribution in [3.8, 4) is 0 Å². The fourth-order valence-corrected chi connectivity index (χ4v) is 3.77. The molecular weight excluding hydrogens is 433 g/mol. The molecule has 1 amide bonds. The van der Waals surface area contributed by atoms with Crippen molar-refractivity contribution in [1.29, 1.82) is 0 Å². The summed E-state index contributed by atoms with van der Waals surface area (Å²) in [6, 6.07) is 9.56. The van der Waals surface area contributed by atoms with Gasteiger partial charge in [0, 0.05) is 17.2 Å². The lowest BCUT2D eigenvalue weighted by Crippen LogP contribution is -2.28. The Balaban J connectivity index is 1.60. The number of carbonyl (C=O) groups is 1. The van der Waals surface area contributed by atoms with Crippen LogP contribution in [0.3, 0.4) is 0 Å². The zero-order chi connectivity index (χ0) is 22.8. The molecule has 0 aromatic heterocycles. The fraction of sp³-hybridized carbons (Fsp3) is 0.381. The van der Waals surface area contributed by atoms with E-state index in [2.05, 4.69) is 10.6 Å². The van der Waals surface area contributed by atoms with Crippen LogP contribution in [0, 0.1) is 5.92 Å². The summed E-state index contributed by atoms with van der Waals surface area (Å²) in [4.78, 5) is 12.6. The highest BCUT2D eigenvalue weighted by Crippen LogP contribution is 2.48. The van der Waals surface area contributed by atoms with E-state index in [4.69, 9.17) is 0 Å². The first-order valence-electron chi connectivity index (χ1n) is 9.61. The summed E-state index contributed by atoms with van der Waals surface area (Å²) in [5, 5.41) is 15.1. The van der Waals surface area contributed by atoms with E-state index in [0.717, 1.165) is 17.7 Å². The highest BCUT2D eigenvalue weighted by Gasteiger charge is 2.44. The molecule has 2 aromatic carbocycles. The average molecular weight is 455 g/mol. The van der Waals surface area contributed by atoms with Crippen molar-refractivity contribution in [2.45, 2.75) is 38.1 Å². The van der Waals surface area contributed by atoms with Crippen molar-refractivity contribution in [3.05, 3.63) is 64.7 Å². The molecule has 0 saturated heterocycles. The summed E-state index contributed by atoms with van der Waals surface area (Å²) < 4.78 is 59.5. The Labute approximate surface area is 180 Å². The first-order chi connectivity index (χ1) is 14.6. The molecule has 10 heteroatoms. The molecule has 1 fully saturated rings. The van der Waals surface area contributed by atoms with E-state index in [1.165, 1.54) is 12.1 Å². The summed E-state index contributed by atoms with van der Waals surface area (Å²) in [5.41, 5.74) is 1.70. The van der Waals surface area contributed by atoms with Crippen LogP contribution in [0.1, 0.15) is 47.6 Å². The van der Waals surface area contributed by atoms with Crippen LogP contribution in [0.5, 0.6) is 0 Å². The van der Waals surface area contributed by atoms with E-state index in [9.17, 15) is 31.8 Å². The highest BCUT2D eigenvalue weighted by atomic mass is 32.2. The molecule has 0 bridgehead atoms. The maximum Gasteiger partial charge on any atom is 0.416 e. The topological polar surface area (TPSA) is 101 Å². The van der Waals surface area contributed by atoms with Crippen LogP contribution in [0.15, 0.2) is 42.5 Å². The molecule has 0 spiro atoms. The fourth-order valence-electron chi connectivity index (χ4n) is 3.50. The van der Waals surface area contributed by atoms with Crippen LogP contribution in [0.25, 0.3) is 0 Å². The van der Waals surface area contributed by atoms with Gasteiger partial charge in [-0.3, -0.25) is 9.00 Å². The average Bonchev–Trinajstić information content (AvgIpc) is 3.52. The van der Waals surface area contributed by atoms with Gasteiger partial charge in [0.2, 0.25) is 5.91 Å². The molecule has 2 aromatic rings. The maximum absolute atomic E-state index is 12.7. The van der Waals surface area contributed by atoms with Crippen molar-refractivity contribution in [3.63, 3.8) is 0 Å². The summed E-state index contributed by atoms with van der Waals surface area (Å²) in [6.07, 6.45) is -3.82. The zero-order valence-corrected chi connectivity index (χ0v) is 17.4. The van der Waals surface area contributed by atoms with Crippen molar-refractivity contribution in [2.75, 3.05) is 11.2 Å². The van der Waals surface area contributed by atoms with Crippen LogP contribution >= 0.6 is 0 Å². The van der Waals surface area contributed by atoms with Crippen LogP contribution < -0.4 is 10.6 Å². The number of nitrogens with one attached hydrogen (secondary N) is 2. The van der Waals surface area contributed by atoms with Gasteiger partial charge in [-0.05, 0) is 65.7 Å². The second-order valence-electron chi connectivity index (χ2n) is 7.50. The van der Waals surface area contributed by atoms with Crippen molar-refractivity contribution in [2.24, 2.45) is 5.92 Å². The minimum Gasteiger partial charge on any atom is -0.771 e. The minimum atomic E-state index is -4.39. The monoisotopic (exact) mass is 455 g/mol. The molecule has 3 rings (SSSR count). The van der Waals surface area contributed by atoms with Gasteiger partial charge in [-0.25, -0.2) is 0 Å². The van der Waals surface area contributed by atoms with E-state index in [1.807, 2.05) is 0 Å². The van der Waals surface area contributed by atoms with Crippen molar-refractivity contribution >= 4 is 22.7 Å². The molecule has 168 valence electrons. The molecule has 4 atom stereocenters. The summed E-state index contributed by atoms with van der Waals surface area (Å²) in [6.45, 7) is 1.48. The zero-order valence-electron chi connectivity index (χ0n) is 16.6. The standard InChI is InChI=1S/C21H23F3N2O4S/c1-12(14-4-7-19(15(8-14)10-27)25-11-31(29)30)26-20(28)18-9-17(18)13-2-5-16(6-3-13)21(22,23)24/h2-8,12,17-18,25,27H,9-11H2,1H3,(H,26,28)(H,29,30)/p-1/t12-,17?,18?/m1/s1. The Morgan fingerprint density at radius 2 is 1.94 bits per heavy atom. The molecule has 1 aliphatic carbocycles. The van der Waals surface area contributed by atoms with Crippen LogP contribution in [0.4, 0.5) is 18.9 Å². The SMILES string of the molecule is C[C@@H](NC(=O)C1CC1c1ccc(C(F)(F)F)cc1)c1ccc(NCS(=O)[O-])c(CO)c1. The molecule has 1 aliphatic rings. The number of hydrogen-bond acceptors (Lipinski definition) is 5. The smallest absolute Gasteiger partial charge is 0.416 e. The lowest BCUT2D eigenvalue weighted by molar-refractivity contribution is -0.137. The molecule has 0 aliphatic heterocycles. The minimum absolute atomic E-state index is 0.109. The van der Waals surface area contributed by atoms with Gasteiger partial charge in [-0.1, -0.05) is 18.2 Å². The number of halogens is 3. The van der Waals surface area contributed by atoms with E-state index in [1.54, 1.807) is 25.1 Å². The molecule has 6 nitrogen and oxygen atoms in total. The van der Waals surface area contributed by atoms with Gasteiger partial charge in [0.1, 0.15) is 0 Å². The number of aliphatic hydroxyl groups excluding tert-OH is 1. The van der Waals surface area contributed by atoms with Gasteiger partial charge in [-0.2, -0.15) is 13.2 Å². The number of anilines is 1. The van der Waals surface area contributed by atoms with Gasteiger partial charge in [-0.15, -0.1) is 0 Å². The number of aliphatic hydroxyl groups is 1. The second kappa shape index (κ2) is 9.37. The van der Waals surface area contributed by atoms with Crippen molar-refractivity contribution < 1.29 is 31.8 Å². The molecule has 0 radical (unpaired) electrons. The first-order valence-corrected chi connectivity index (χ1v) is 10.9. The summed E-state index contributed by atoms with van der Waals surface area (Å²) in [7, 11) is 0. The van der Waals surface area contributed by atoms with Gasteiger partial charge in [0.05, 0.1) is 24.1 Å².